The third-order valence-electron chi connectivity index (χ3n) is 3.31. The van der Waals surface area contributed by atoms with Crippen LogP contribution in [0.25, 0.3) is 10.5 Å². The lowest BCUT2D eigenvalue weighted by molar-refractivity contribution is 0.475. The Bertz CT molecular complexity index is 641. The molecule has 0 spiro atoms. The number of hydrogen-bond acceptors (Lipinski definition) is 3. The predicted molar refractivity (Wildman–Crippen MR) is 73.0 cm³/mol. The van der Waals surface area contributed by atoms with E-state index in [4.69, 9.17) is 11.8 Å². The smallest absolute Gasteiger partial charge is 0.195 e. The number of benzene rings is 1. The number of allylic oxidation sites excluding steroid dienone is 1. The van der Waals surface area contributed by atoms with Crippen molar-refractivity contribution in [1.82, 2.24) is 0 Å². The van der Waals surface area contributed by atoms with Crippen molar-refractivity contribution in [1.29, 1.82) is 5.26 Å². The van der Waals surface area contributed by atoms with Crippen LogP contribution in [0.5, 0.6) is 5.75 Å². The normalized spacial score (nSPS) is 22.4. The molecule has 1 unspecified atom stereocenters. The van der Waals surface area contributed by atoms with Gasteiger partial charge in [0, 0.05) is 11.6 Å². The van der Waals surface area contributed by atoms with Gasteiger partial charge in [-0.15, -0.1) is 0 Å². The van der Waals surface area contributed by atoms with Crippen molar-refractivity contribution < 1.29 is 5.11 Å². The Kier molecular flexibility index (Phi) is 3.35. The number of nitrogens with zero attached hydrogens (tertiary/aromatic N) is 3. The summed E-state index contributed by atoms with van der Waals surface area (Å²) in [6.07, 6.45) is 0. The molecule has 0 aliphatic carbocycles. The molecule has 0 radical (unpaired) electrons. The van der Waals surface area contributed by atoms with E-state index >= 15 is 0 Å². The Morgan fingerprint density at radius 1 is 1.37 bits per heavy atom. The van der Waals surface area contributed by atoms with Gasteiger partial charge in [-0.3, -0.25) is 4.99 Å². The van der Waals surface area contributed by atoms with Gasteiger partial charge >= 0.3 is 0 Å². The molecule has 1 N–H and O–H groups in total. The second-order valence-electron chi connectivity index (χ2n) is 4.54. The Morgan fingerprint density at radius 2 is 2.00 bits per heavy atom. The molecule has 1 heterocycles. The molecule has 2 rings (SSSR count). The van der Waals surface area contributed by atoms with E-state index in [1.807, 2.05) is 13.8 Å². The fraction of sp³-hybridized carbons (Fsp3) is 0.267. The minimum Gasteiger partial charge on any atom is -0.508 e. The van der Waals surface area contributed by atoms with Gasteiger partial charge in [0.25, 0.3) is 0 Å². The summed E-state index contributed by atoms with van der Waals surface area (Å²) in [4.78, 5) is 7.97. The highest BCUT2D eigenvalue weighted by Crippen LogP contribution is 2.36. The van der Waals surface area contributed by atoms with Gasteiger partial charge in [0.15, 0.2) is 5.70 Å². The number of aliphatic imine (C=N–C) groups is 1. The van der Waals surface area contributed by atoms with Crippen molar-refractivity contribution in [2.24, 2.45) is 16.8 Å². The lowest BCUT2D eigenvalue weighted by atomic mass is 9.84. The highest BCUT2D eigenvalue weighted by atomic mass is 16.3. The summed E-state index contributed by atoms with van der Waals surface area (Å²) < 4.78 is 0. The minimum atomic E-state index is -0.343. The summed E-state index contributed by atoms with van der Waals surface area (Å²) >= 11 is 0. The molecule has 0 saturated carbocycles. The van der Waals surface area contributed by atoms with Crippen LogP contribution < -0.4 is 0 Å². The van der Waals surface area contributed by atoms with Gasteiger partial charge in [0.05, 0.1) is 24.3 Å². The molecule has 0 fully saturated rings. The van der Waals surface area contributed by atoms with Crippen LogP contribution in [0.15, 0.2) is 35.0 Å². The highest BCUT2D eigenvalue weighted by molar-refractivity contribution is 5.95. The number of rotatable bonds is 1. The van der Waals surface area contributed by atoms with E-state index in [0.717, 1.165) is 11.3 Å². The van der Waals surface area contributed by atoms with E-state index < -0.39 is 0 Å². The molecule has 0 aromatic heterocycles. The average Bonchev–Trinajstić information content (AvgIpc) is 2.39. The molecule has 1 aromatic carbocycles. The first-order valence-electron chi connectivity index (χ1n) is 5.94. The van der Waals surface area contributed by atoms with Crippen molar-refractivity contribution in [2.75, 3.05) is 0 Å². The number of hydrogen-bond donors (Lipinski definition) is 1. The van der Waals surface area contributed by atoms with Crippen LogP contribution in [0.1, 0.15) is 19.4 Å². The van der Waals surface area contributed by atoms with Gasteiger partial charge < -0.3 is 5.11 Å². The number of nitriles is 1. The van der Waals surface area contributed by atoms with E-state index in [1.165, 1.54) is 0 Å². The van der Waals surface area contributed by atoms with Gasteiger partial charge in [-0.2, -0.15) is 5.26 Å². The molecular formula is C15H13N3O. The molecule has 0 amide bonds. The number of phenolic OH excluding ortho intramolecular Hbond substituents is 1. The van der Waals surface area contributed by atoms with E-state index in [9.17, 15) is 5.11 Å². The summed E-state index contributed by atoms with van der Waals surface area (Å²) in [5.74, 6) is -0.332. The number of aromatic hydroxyl groups is 1. The van der Waals surface area contributed by atoms with Crippen molar-refractivity contribution in [3.05, 3.63) is 46.9 Å². The Morgan fingerprint density at radius 3 is 2.53 bits per heavy atom. The molecule has 94 valence electrons. The molecule has 0 saturated heterocycles. The van der Waals surface area contributed by atoms with Crippen LogP contribution in [0.2, 0.25) is 0 Å². The van der Waals surface area contributed by atoms with Gasteiger partial charge in [0.1, 0.15) is 5.75 Å². The zero-order valence-corrected chi connectivity index (χ0v) is 10.8. The number of phenols is 1. The van der Waals surface area contributed by atoms with Gasteiger partial charge in [-0.25, -0.2) is 4.85 Å². The van der Waals surface area contributed by atoms with E-state index in [2.05, 4.69) is 15.9 Å². The van der Waals surface area contributed by atoms with E-state index in [1.54, 1.807) is 24.3 Å². The van der Waals surface area contributed by atoms with Crippen LogP contribution in [0.3, 0.4) is 0 Å². The molecule has 2 atom stereocenters. The maximum Gasteiger partial charge on any atom is 0.195 e. The van der Waals surface area contributed by atoms with Gasteiger partial charge in [-0.1, -0.05) is 19.1 Å². The summed E-state index contributed by atoms with van der Waals surface area (Å²) in [5.41, 5.74) is 2.62. The fourth-order valence-electron chi connectivity index (χ4n) is 2.23. The van der Waals surface area contributed by atoms with Crippen LogP contribution in [0, 0.1) is 29.7 Å². The molecule has 1 aromatic rings. The second kappa shape index (κ2) is 4.96. The Labute approximate surface area is 112 Å². The maximum absolute atomic E-state index is 9.31. The van der Waals surface area contributed by atoms with Crippen LogP contribution in [-0.4, -0.2) is 10.8 Å². The third kappa shape index (κ3) is 2.21. The fourth-order valence-corrected chi connectivity index (χ4v) is 2.23. The SMILES string of the molecule is [C-]#[N+]C1=C(c2ccc(O)cc2)N=C(C)C(C#N)[C@H]1C. The van der Waals surface area contributed by atoms with Crippen molar-refractivity contribution in [3.8, 4) is 11.8 Å². The zero-order valence-electron chi connectivity index (χ0n) is 10.8. The van der Waals surface area contributed by atoms with Crippen molar-refractivity contribution in [2.45, 2.75) is 13.8 Å². The van der Waals surface area contributed by atoms with Crippen LogP contribution in [-0.2, 0) is 0 Å². The largest absolute Gasteiger partial charge is 0.508 e. The van der Waals surface area contributed by atoms with Crippen molar-refractivity contribution in [3.63, 3.8) is 0 Å². The first-order valence-corrected chi connectivity index (χ1v) is 5.94. The summed E-state index contributed by atoms with van der Waals surface area (Å²) in [6.45, 7) is 11.0. The topological polar surface area (TPSA) is 60.7 Å². The lowest BCUT2D eigenvalue weighted by Gasteiger charge is -2.24. The highest BCUT2D eigenvalue weighted by Gasteiger charge is 2.31. The summed E-state index contributed by atoms with van der Waals surface area (Å²) in [7, 11) is 0. The quantitative estimate of drug-likeness (QED) is 0.779. The second-order valence-corrected chi connectivity index (χ2v) is 4.54. The first-order chi connectivity index (χ1) is 9.08. The summed E-state index contributed by atoms with van der Waals surface area (Å²) in [6, 6.07) is 8.79. The lowest BCUT2D eigenvalue weighted by Crippen LogP contribution is -2.23. The zero-order chi connectivity index (χ0) is 14.0. The minimum absolute atomic E-state index is 0.163. The van der Waals surface area contributed by atoms with Crippen LogP contribution in [0.4, 0.5) is 0 Å². The molecule has 1 aliphatic heterocycles. The van der Waals surface area contributed by atoms with E-state index in [0.29, 0.717) is 11.4 Å². The molecule has 4 heteroatoms. The van der Waals surface area contributed by atoms with Crippen LogP contribution >= 0.6 is 0 Å². The predicted octanol–water partition coefficient (Wildman–Crippen LogP) is 3.23. The van der Waals surface area contributed by atoms with Crippen molar-refractivity contribution >= 4 is 11.4 Å². The molecule has 0 bridgehead atoms. The Balaban J connectivity index is 2.58. The molecule has 19 heavy (non-hydrogen) atoms. The molecule has 4 nitrogen and oxygen atoms in total. The standard InChI is InChI=1S/C15H13N3O/c1-9-13(8-16)10(2)18-15(14(9)17-3)11-4-6-12(19)7-5-11/h4-7,9,13,19H,1-2H3/t9-,13?/m1/s1. The summed E-state index contributed by atoms with van der Waals surface area (Å²) in [5, 5.41) is 18.5. The third-order valence-corrected chi connectivity index (χ3v) is 3.31. The van der Waals surface area contributed by atoms with Gasteiger partial charge in [-0.05, 0) is 24.6 Å². The Hall–Kier alpha value is -2.59. The molecule has 1 aliphatic rings. The average molecular weight is 251 g/mol. The maximum atomic E-state index is 9.31. The monoisotopic (exact) mass is 251 g/mol. The van der Waals surface area contributed by atoms with E-state index in [-0.39, 0.29) is 17.6 Å². The molecular weight excluding hydrogens is 238 g/mol. The first kappa shape index (κ1) is 12.9. The van der Waals surface area contributed by atoms with Gasteiger partial charge in [0.2, 0.25) is 0 Å².